The molecule has 1 aliphatic carbocycles. The molecule has 1 amide bonds. The first-order valence-electron chi connectivity index (χ1n) is 20.1. The summed E-state index contributed by atoms with van der Waals surface area (Å²) in [5, 5.41) is 47.4. The molecule has 324 valence electrons. The van der Waals surface area contributed by atoms with Gasteiger partial charge in [-0.25, -0.2) is 9.59 Å². The van der Waals surface area contributed by atoms with E-state index in [0.29, 0.717) is 12.0 Å². The van der Waals surface area contributed by atoms with Gasteiger partial charge in [-0.3, -0.25) is 9.59 Å². The fourth-order valence-corrected chi connectivity index (χ4v) is 7.95. The van der Waals surface area contributed by atoms with Crippen LogP contribution in [0, 0.1) is 35.5 Å². The quantitative estimate of drug-likeness (QED) is 0.137. The van der Waals surface area contributed by atoms with E-state index in [1.165, 1.54) is 20.3 Å². The lowest BCUT2D eigenvalue weighted by molar-refractivity contribution is -0.329. The van der Waals surface area contributed by atoms with Crippen LogP contribution in [0.3, 0.4) is 0 Å². The monoisotopic (exact) mass is 815 g/mol. The number of aliphatic hydroxyl groups is 4. The van der Waals surface area contributed by atoms with Crippen molar-refractivity contribution in [3.63, 3.8) is 0 Å². The van der Waals surface area contributed by atoms with Crippen LogP contribution in [0.4, 0.5) is 0 Å². The zero-order valence-corrected chi connectivity index (χ0v) is 35.8. The van der Waals surface area contributed by atoms with E-state index < -0.39 is 83.8 Å². The number of amides is 1. The SMILES string of the molecule is COC1=CC(C)=C[C@@H](C)[C@@H](O)[C@@H](C)CC(C)=CC=C[C@H](OC)[C@@H]([C@@H](C)[C@@H](O)[C@H](C)[C@@]2(O)C[C@@H](OC(=O)C=CC(=O)NC3=C(O)CCC3=O)[C@H](C)[C@@H](C(C)C)O2)OC1=O. The Morgan fingerprint density at radius 2 is 1.71 bits per heavy atom. The third kappa shape index (κ3) is 12.5. The number of ketones is 1. The van der Waals surface area contributed by atoms with Crippen molar-refractivity contribution in [3.05, 3.63) is 70.9 Å². The second-order valence-corrected chi connectivity index (χ2v) is 16.5. The van der Waals surface area contributed by atoms with E-state index in [4.69, 9.17) is 23.7 Å². The Hall–Kier alpha value is -4.08. The lowest BCUT2D eigenvalue weighted by atomic mass is 9.76. The van der Waals surface area contributed by atoms with Gasteiger partial charge in [0.15, 0.2) is 11.6 Å². The van der Waals surface area contributed by atoms with Gasteiger partial charge < -0.3 is 49.4 Å². The number of methoxy groups -OCH3 is 2. The van der Waals surface area contributed by atoms with Crippen LogP contribution in [-0.4, -0.2) is 101 Å². The van der Waals surface area contributed by atoms with Gasteiger partial charge in [-0.1, -0.05) is 83.9 Å². The van der Waals surface area contributed by atoms with Crippen molar-refractivity contribution in [2.75, 3.05) is 14.2 Å². The number of nitrogens with one attached hydrogen (secondary N) is 1. The summed E-state index contributed by atoms with van der Waals surface area (Å²) >= 11 is 0. The Kier molecular flexibility index (Phi) is 17.7. The molecule has 5 N–H and O–H groups in total. The molecule has 14 nitrogen and oxygen atoms in total. The Bertz CT molecular complexity index is 1670. The number of carbonyl (C=O) groups excluding carboxylic acids is 4. The van der Waals surface area contributed by atoms with E-state index in [-0.39, 0.29) is 54.2 Å². The van der Waals surface area contributed by atoms with Crippen LogP contribution in [0.5, 0.6) is 0 Å². The molecule has 0 unspecified atom stereocenters. The van der Waals surface area contributed by atoms with E-state index in [9.17, 15) is 39.6 Å². The molecule has 0 saturated carbocycles. The molecule has 3 aliphatic rings. The number of hydrogen-bond donors (Lipinski definition) is 5. The summed E-state index contributed by atoms with van der Waals surface area (Å²) in [6.45, 7) is 16.5. The zero-order chi connectivity index (χ0) is 43.6. The first-order chi connectivity index (χ1) is 27.1. The van der Waals surface area contributed by atoms with Gasteiger partial charge in [0, 0.05) is 62.2 Å². The number of carbonyl (C=O) groups is 4. The van der Waals surface area contributed by atoms with Gasteiger partial charge in [0.25, 0.3) is 0 Å². The maximum atomic E-state index is 13.7. The largest absolute Gasteiger partial charge is 0.510 e. The minimum Gasteiger partial charge on any atom is -0.510 e. The molecule has 0 aromatic rings. The Labute approximate surface area is 342 Å². The molecule has 14 heteroatoms. The molecule has 12 atom stereocenters. The van der Waals surface area contributed by atoms with Gasteiger partial charge in [-0.05, 0) is 38.2 Å². The summed E-state index contributed by atoms with van der Waals surface area (Å²) < 4.78 is 29.5. The first-order valence-corrected chi connectivity index (χ1v) is 20.1. The Morgan fingerprint density at radius 1 is 1.03 bits per heavy atom. The fourth-order valence-electron chi connectivity index (χ4n) is 7.95. The molecular formula is C44H65NO13. The molecule has 2 heterocycles. The molecule has 0 spiro atoms. The van der Waals surface area contributed by atoms with Crippen LogP contribution in [-0.2, 0) is 42.9 Å². The highest BCUT2D eigenvalue weighted by Gasteiger charge is 2.53. The van der Waals surface area contributed by atoms with Crippen LogP contribution in [0.25, 0.3) is 0 Å². The number of hydrogen-bond acceptors (Lipinski definition) is 13. The molecule has 58 heavy (non-hydrogen) atoms. The lowest BCUT2D eigenvalue weighted by Gasteiger charge is -2.50. The van der Waals surface area contributed by atoms with Gasteiger partial charge in [0.1, 0.15) is 29.8 Å². The normalized spacial score (nSPS) is 32.2. The van der Waals surface area contributed by atoms with Crippen molar-refractivity contribution in [1.29, 1.82) is 0 Å². The van der Waals surface area contributed by atoms with Gasteiger partial charge in [-0.2, -0.15) is 0 Å². The van der Waals surface area contributed by atoms with Gasteiger partial charge in [-0.15, -0.1) is 0 Å². The summed E-state index contributed by atoms with van der Waals surface area (Å²) in [6, 6.07) is 0. The van der Waals surface area contributed by atoms with Crippen molar-refractivity contribution in [2.45, 2.75) is 130 Å². The average molecular weight is 816 g/mol. The lowest BCUT2D eigenvalue weighted by Crippen LogP contribution is -2.59. The van der Waals surface area contributed by atoms with E-state index in [1.807, 2.05) is 53.7 Å². The second-order valence-electron chi connectivity index (χ2n) is 16.5. The van der Waals surface area contributed by atoms with Crippen LogP contribution in [0.15, 0.2) is 70.9 Å². The van der Waals surface area contributed by atoms with E-state index in [1.54, 1.807) is 32.9 Å². The molecule has 1 saturated heterocycles. The highest BCUT2D eigenvalue weighted by atomic mass is 16.6. The van der Waals surface area contributed by atoms with Crippen molar-refractivity contribution in [1.82, 2.24) is 5.32 Å². The average Bonchev–Trinajstić information content (AvgIpc) is 3.48. The van der Waals surface area contributed by atoms with Gasteiger partial charge in [0.2, 0.25) is 11.7 Å². The minimum absolute atomic E-state index is 0.0594. The molecule has 3 rings (SSSR count). The molecule has 2 aliphatic heterocycles. The smallest absolute Gasteiger partial charge is 0.373 e. The molecule has 0 bridgehead atoms. The maximum absolute atomic E-state index is 13.7. The van der Waals surface area contributed by atoms with E-state index in [0.717, 1.165) is 17.7 Å². The Morgan fingerprint density at radius 3 is 2.29 bits per heavy atom. The van der Waals surface area contributed by atoms with Crippen molar-refractivity contribution < 1.29 is 63.3 Å². The summed E-state index contributed by atoms with van der Waals surface area (Å²) in [6.07, 6.45) is 5.61. The number of esters is 2. The summed E-state index contributed by atoms with van der Waals surface area (Å²) in [7, 11) is 2.79. The van der Waals surface area contributed by atoms with E-state index in [2.05, 4.69) is 5.32 Å². The molecule has 0 radical (unpaired) electrons. The number of cyclic esters (lactones) is 1. The first kappa shape index (κ1) is 48.3. The number of aliphatic hydroxyl groups excluding tert-OH is 3. The minimum atomic E-state index is -2.04. The van der Waals surface area contributed by atoms with Crippen LogP contribution < -0.4 is 5.32 Å². The number of Topliss-reactive ketones (excluding diaryl/α,β-unsaturated/α-hetero) is 1. The molecular weight excluding hydrogens is 750 g/mol. The fraction of sp³-hybridized carbons (Fsp3) is 0.636. The third-order valence-corrected chi connectivity index (χ3v) is 11.5. The highest BCUT2D eigenvalue weighted by Crippen LogP contribution is 2.42. The molecule has 0 aromatic carbocycles. The zero-order valence-electron chi connectivity index (χ0n) is 35.8. The summed E-state index contributed by atoms with van der Waals surface area (Å²) in [5.74, 6) is -8.07. The standard InChI is InChI=1S/C44H65NO13/c1-23(2)41-28(7)35(56-37(49)18-17-36(48)45-38-31(46)15-16-32(38)47)22-44(53,58-41)30(9)40(51)29(8)42-33(54-10)14-12-13-24(3)19-26(5)39(50)27(6)20-25(4)21-34(55-11)43(52)57-42/h12-14,17-18,20-21,23,26-30,33,35,39-42,46,50-51,53H,15-16,19,22H2,1-11H3,(H,45,48)/t26-,27+,28-,29-,30-,33-,35+,39-,40+,41+,42+,44+/m0/s1. The van der Waals surface area contributed by atoms with Crippen LogP contribution in [0.2, 0.25) is 0 Å². The predicted octanol–water partition coefficient (Wildman–Crippen LogP) is 5.05. The topological polar surface area (TPSA) is 207 Å². The molecule has 1 fully saturated rings. The van der Waals surface area contributed by atoms with Crippen molar-refractivity contribution in [3.8, 4) is 0 Å². The molecule has 0 aromatic heterocycles. The van der Waals surface area contributed by atoms with E-state index >= 15 is 0 Å². The summed E-state index contributed by atoms with van der Waals surface area (Å²) in [5.41, 5.74) is 1.48. The van der Waals surface area contributed by atoms with Crippen LogP contribution in [0.1, 0.15) is 88.0 Å². The number of ether oxygens (including phenoxy) is 5. The van der Waals surface area contributed by atoms with Gasteiger partial charge in [0.05, 0.1) is 25.4 Å². The summed E-state index contributed by atoms with van der Waals surface area (Å²) in [4.78, 5) is 51.1. The maximum Gasteiger partial charge on any atom is 0.373 e. The third-order valence-electron chi connectivity index (χ3n) is 11.5. The number of allylic oxidation sites excluding steroid dienone is 7. The predicted molar refractivity (Wildman–Crippen MR) is 215 cm³/mol. The second kappa shape index (κ2) is 21.3. The highest BCUT2D eigenvalue weighted by molar-refractivity contribution is 6.04. The Balaban J connectivity index is 1.92. The van der Waals surface area contributed by atoms with Crippen molar-refractivity contribution in [2.24, 2.45) is 35.5 Å². The number of rotatable bonds is 11. The van der Waals surface area contributed by atoms with Gasteiger partial charge >= 0.3 is 11.9 Å². The van der Waals surface area contributed by atoms with Crippen molar-refractivity contribution >= 4 is 23.6 Å². The van der Waals surface area contributed by atoms with Crippen LogP contribution >= 0.6 is 0 Å².